The number of rotatable bonds is 2. The van der Waals surface area contributed by atoms with Crippen LogP contribution in [0.3, 0.4) is 0 Å². The quantitative estimate of drug-likeness (QED) is 0.449. The summed E-state index contributed by atoms with van der Waals surface area (Å²) in [5.74, 6) is 6.03. The summed E-state index contributed by atoms with van der Waals surface area (Å²) in [6, 6.07) is 0. The molecule has 0 heterocycles. The summed E-state index contributed by atoms with van der Waals surface area (Å²) in [5.41, 5.74) is 1.18. The van der Waals surface area contributed by atoms with Gasteiger partial charge in [-0.15, -0.1) is 0 Å². The van der Waals surface area contributed by atoms with Gasteiger partial charge in [-0.05, 0) is 12.8 Å². The van der Waals surface area contributed by atoms with E-state index in [0.717, 1.165) is 0 Å². The summed E-state index contributed by atoms with van der Waals surface area (Å²) in [4.78, 5) is 0. The largest absolute Gasteiger partial charge is 0.318 e. The first-order valence-corrected chi connectivity index (χ1v) is 3.24. The summed E-state index contributed by atoms with van der Waals surface area (Å²) in [5, 5.41) is 1.66. The Kier molecular flexibility index (Phi) is 3.32. The van der Waals surface area contributed by atoms with Gasteiger partial charge in [0.25, 0.3) is 0 Å². The SMILES string of the molecule is C/C=C(/C(C)C)N(C)N. The fourth-order valence-electron chi connectivity index (χ4n) is 0.944. The predicted octanol–water partition coefficient (Wildman–Crippen LogP) is 1.35. The standard InChI is InChI=1S/C7H16N2/c1-5-7(6(2)3)9(4)8/h5-6H,8H2,1-4H3/b7-5-. The van der Waals surface area contributed by atoms with Crippen LogP contribution in [0.25, 0.3) is 0 Å². The zero-order chi connectivity index (χ0) is 7.44. The highest BCUT2D eigenvalue weighted by Crippen LogP contribution is 2.08. The molecule has 0 aromatic rings. The van der Waals surface area contributed by atoms with Gasteiger partial charge in [0.05, 0.1) is 0 Å². The van der Waals surface area contributed by atoms with Crippen molar-refractivity contribution in [3.8, 4) is 0 Å². The minimum Gasteiger partial charge on any atom is -0.318 e. The van der Waals surface area contributed by atoms with Crippen molar-refractivity contribution < 1.29 is 0 Å². The summed E-state index contributed by atoms with van der Waals surface area (Å²) in [6.07, 6.45) is 2.03. The maximum Gasteiger partial charge on any atom is 0.0270 e. The highest BCUT2D eigenvalue weighted by Gasteiger charge is 2.02. The molecule has 9 heavy (non-hydrogen) atoms. The molecule has 54 valence electrons. The lowest BCUT2D eigenvalue weighted by Gasteiger charge is -2.19. The number of allylic oxidation sites excluding steroid dienone is 2. The van der Waals surface area contributed by atoms with Gasteiger partial charge in [0.1, 0.15) is 0 Å². The van der Waals surface area contributed by atoms with E-state index < -0.39 is 0 Å². The Hall–Kier alpha value is -0.500. The van der Waals surface area contributed by atoms with Crippen LogP contribution >= 0.6 is 0 Å². The average Bonchev–Trinajstić information content (AvgIpc) is 1.64. The first-order chi connectivity index (χ1) is 4.09. The monoisotopic (exact) mass is 128 g/mol. The molecule has 0 fully saturated rings. The molecule has 0 saturated carbocycles. The Balaban J connectivity index is 4.01. The van der Waals surface area contributed by atoms with Crippen LogP contribution in [0.15, 0.2) is 11.8 Å². The molecule has 2 heteroatoms. The number of hydrogen-bond acceptors (Lipinski definition) is 2. The maximum atomic E-state index is 5.51. The molecule has 0 aliphatic carbocycles. The molecular weight excluding hydrogens is 112 g/mol. The molecule has 0 aliphatic rings. The van der Waals surface area contributed by atoms with Gasteiger partial charge in [-0.1, -0.05) is 19.9 Å². The van der Waals surface area contributed by atoms with Crippen LogP contribution < -0.4 is 5.84 Å². The highest BCUT2D eigenvalue weighted by atomic mass is 15.4. The van der Waals surface area contributed by atoms with Crippen LogP contribution in [-0.2, 0) is 0 Å². The molecule has 0 saturated heterocycles. The molecule has 0 spiro atoms. The molecule has 2 nitrogen and oxygen atoms in total. The molecular formula is C7H16N2. The predicted molar refractivity (Wildman–Crippen MR) is 40.5 cm³/mol. The lowest BCUT2D eigenvalue weighted by atomic mass is 10.1. The fraction of sp³-hybridized carbons (Fsp3) is 0.714. The Labute approximate surface area is 57.3 Å². The van der Waals surface area contributed by atoms with E-state index in [1.54, 1.807) is 5.01 Å². The third kappa shape index (κ3) is 2.51. The van der Waals surface area contributed by atoms with Crippen molar-refractivity contribution in [2.24, 2.45) is 11.8 Å². The van der Waals surface area contributed by atoms with Gasteiger partial charge in [-0.2, -0.15) is 0 Å². The van der Waals surface area contributed by atoms with Crippen LogP contribution in [0, 0.1) is 5.92 Å². The number of nitrogens with zero attached hydrogens (tertiary/aromatic N) is 1. The first kappa shape index (κ1) is 8.50. The Bertz CT molecular complexity index is 93.5. The van der Waals surface area contributed by atoms with E-state index in [9.17, 15) is 0 Å². The van der Waals surface area contributed by atoms with E-state index in [-0.39, 0.29) is 0 Å². The van der Waals surface area contributed by atoms with Crippen molar-refractivity contribution in [2.45, 2.75) is 20.8 Å². The van der Waals surface area contributed by atoms with Gasteiger partial charge in [0.2, 0.25) is 0 Å². The molecule has 0 atom stereocenters. The highest BCUT2D eigenvalue weighted by molar-refractivity contribution is 4.99. The van der Waals surface area contributed by atoms with Crippen LogP contribution in [0.1, 0.15) is 20.8 Å². The normalized spacial score (nSPS) is 12.4. The second kappa shape index (κ2) is 3.51. The fourth-order valence-corrected chi connectivity index (χ4v) is 0.944. The summed E-state index contributed by atoms with van der Waals surface area (Å²) in [6.45, 7) is 6.25. The van der Waals surface area contributed by atoms with E-state index >= 15 is 0 Å². The molecule has 0 amide bonds. The third-order valence-corrected chi connectivity index (χ3v) is 1.29. The van der Waals surface area contributed by atoms with Gasteiger partial charge in [-0.25, -0.2) is 5.84 Å². The van der Waals surface area contributed by atoms with Crippen molar-refractivity contribution in [1.82, 2.24) is 5.01 Å². The van der Waals surface area contributed by atoms with Crippen molar-refractivity contribution in [3.05, 3.63) is 11.8 Å². The van der Waals surface area contributed by atoms with Crippen molar-refractivity contribution in [3.63, 3.8) is 0 Å². The summed E-state index contributed by atoms with van der Waals surface area (Å²) < 4.78 is 0. The van der Waals surface area contributed by atoms with Crippen molar-refractivity contribution in [2.75, 3.05) is 7.05 Å². The van der Waals surface area contributed by atoms with E-state index in [4.69, 9.17) is 5.84 Å². The molecule has 2 N–H and O–H groups in total. The minimum absolute atomic E-state index is 0.519. The third-order valence-electron chi connectivity index (χ3n) is 1.29. The number of hydrogen-bond donors (Lipinski definition) is 1. The lowest BCUT2D eigenvalue weighted by Crippen LogP contribution is -2.27. The zero-order valence-corrected chi connectivity index (χ0v) is 6.68. The molecule has 0 bridgehead atoms. The molecule has 0 aromatic heterocycles. The lowest BCUT2D eigenvalue weighted by molar-refractivity contribution is 0.390. The van der Waals surface area contributed by atoms with E-state index in [1.807, 2.05) is 20.0 Å². The van der Waals surface area contributed by atoms with Gasteiger partial charge in [0.15, 0.2) is 0 Å². The molecule has 0 aromatic carbocycles. The van der Waals surface area contributed by atoms with Crippen LogP contribution in [0.2, 0.25) is 0 Å². The van der Waals surface area contributed by atoms with E-state index in [0.29, 0.717) is 5.92 Å². The summed E-state index contributed by atoms with van der Waals surface area (Å²) >= 11 is 0. The average molecular weight is 128 g/mol. The van der Waals surface area contributed by atoms with E-state index in [2.05, 4.69) is 13.8 Å². The molecule has 0 aliphatic heterocycles. The Morgan fingerprint density at radius 3 is 2.00 bits per heavy atom. The van der Waals surface area contributed by atoms with Gasteiger partial charge in [-0.3, -0.25) is 0 Å². The zero-order valence-electron chi connectivity index (χ0n) is 6.68. The van der Waals surface area contributed by atoms with Gasteiger partial charge >= 0.3 is 0 Å². The topological polar surface area (TPSA) is 29.3 Å². The van der Waals surface area contributed by atoms with Crippen LogP contribution in [0.4, 0.5) is 0 Å². The summed E-state index contributed by atoms with van der Waals surface area (Å²) in [7, 11) is 1.86. The van der Waals surface area contributed by atoms with Gasteiger partial charge < -0.3 is 5.01 Å². The first-order valence-electron chi connectivity index (χ1n) is 3.24. The van der Waals surface area contributed by atoms with Crippen LogP contribution in [0.5, 0.6) is 0 Å². The molecule has 0 radical (unpaired) electrons. The van der Waals surface area contributed by atoms with E-state index in [1.165, 1.54) is 5.70 Å². The molecule has 0 unspecified atom stereocenters. The smallest absolute Gasteiger partial charge is 0.0270 e. The van der Waals surface area contributed by atoms with Gasteiger partial charge in [0, 0.05) is 12.7 Å². The maximum absolute atomic E-state index is 5.51. The van der Waals surface area contributed by atoms with Crippen LogP contribution in [-0.4, -0.2) is 12.1 Å². The molecule has 0 rings (SSSR count). The van der Waals surface area contributed by atoms with Crippen molar-refractivity contribution >= 4 is 0 Å². The number of nitrogens with two attached hydrogens (primary N) is 1. The Morgan fingerprint density at radius 2 is 2.00 bits per heavy atom. The minimum atomic E-state index is 0.519. The Morgan fingerprint density at radius 1 is 1.56 bits per heavy atom. The van der Waals surface area contributed by atoms with Crippen molar-refractivity contribution in [1.29, 1.82) is 0 Å². The second-order valence-corrected chi connectivity index (χ2v) is 2.48. The number of hydrazine groups is 1. The second-order valence-electron chi connectivity index (χ2n) is 2.48.